The maximum atomic E-state index is 13.9. The number of rotatable bonds is 5. The van der Waals surface area contributed by atoms with Gasteiger partial charge in [-0.15, -0.1) is 0 Å². The van der Waals surface area contributed by atoms with Crippen molar-refractivity contribution in [3.63, 3.8) is 0 Å². The minimum absolute atomic E-state index is 0.218. The van der Waals surface area contributed by atoms with Gasteiger partial charge in [0.1, 0.15) is 5.82 Å². The molecule has 0 amide bonds. The molecular weight excluding hydrogens is 255 g/mol. The first-order valence-corrected chi connectivity index (χ1v) is 7.54. The molecule has 0 saturated carbocycles. The van der Waals surface area contributed by atoms with E-state index in [-0.39, 0.29) is 5.82 Å². The Morgan fingerprint density at radius 3 is 2.65 bits per heavy atom. The highest BCUT2D eigenvalue weighted by atomic mass is 19.1. The van der Waals surface area contributed by atoms with Gasteiger partial charge in [0.2, 0.25) is 0 Å². The van der Waals surface area contributed by atoms with E-state index in [0.29, 0.717) is 30.1 Å². The summed E-state index contributed by atoms with van der Waals surface area (Å²) in [5.74, 6) is 0.714. The van der Waals surface area contributed by atoms with E-state index in [4.69, 9.17) is 4.74 Å². The molecule has 2 rings (SSSR count). The van der Waals surface area contributed by atoms with Crippen molar-refractivity contribution in [1.82, 2.24) is 10.3 Å². The van der Waals surface area contributed by atoms with Crippen molar-refractivity contribution in [2.45, 2.75) is 52.1 Å². The molecule has 20 heavy (non-hydrogen) atoms. The minimum Gasteiger partial charge on any atom is -0.381 e. The fraction of sp³-hybridized carbons (Fsp3) is 0.688. The van der Waals surface area contributed by atoms with E-state index in [1.54, 1.807) is 6.07 Å². The molecule has 2 heterocycles. The molecule has 1 saturated heterocycles. The Morgan fingerprint density at radius 2 is 2.00 bits per heavy atom. The summed E-state index contributed by atoms with van der Waals surface area (Å²) in [6, 6.07) is 3.72. The molecule has 0 spiro atoms. The lowest BCUT2D eigenvalue weighted by atomic mass is 9.96. The van der Waals surface area contributed by atoms with Crippen LogP contribution in [-0.2, 0) is 11.3 Å². The second-order valence-corrected chi connectivity index (χ2v) is 5.96. The number of pyridine rings is 1. The highest BCUT2D eigenvalue weighted by Crippen LogP contribution is 2.26. The number of aromatic nitrogens is 1. The lowest BCUT2D eigenvalue weighted by Crippen LogP contribution is -2.31. The number of halogens is 1. The smallest absolute Gasteiger partial charge is 0.146 e. The largest absolute Gasteiger partial charge is 0.381 e. The zero-order chi connectivity index (χ0) is 14.5. The average molecular weight is 280 g/mol. The van der Waals surface area contributed by atoms with Crippen LogP contribution in [0, 0.1) is 11.7 Å². The van der Waals surface area contributed by atoms with Crippen LogP contribution in [0.1, 0.15) is 50.9 Å². The van der Waals surface area contributed by atoms with E-state index >= 15 is 0 Å². The van der Waals surface area contributed by atoms with Gasteiger partial charge in [0.15, 0.2) is 0 Å². The van der Waals surface area contributed by atoms with Gasteiger partial charge < -0.3 is 10.1 Å². The lowest BCUT2D eigenvalue weighted by molar-refractivity contribution is 0.0844. The first-order chi connectivity index (χ1) is 9.58. The zero-order valence-corrected chi connectivity index (χ0v) is 12.7. The van der Waals surface area contributed by atoms with Crippen LogP contribution >= 0.6 is 0 Å². The van der Waals surface area contributed by atoms with Crippen molar-refractivity contribution in [2.24, 2.45) is 5.92 Å². The van der Waals surface area contributed by atoms with Gasteiger partial charge in [-0.3, -0.25) is 4.98 Å². The van der Waals surface area contributed by atoms with Crippen LogP contribution in [-0.4, -0.2) is 24.2 Å². The molecule has 0 aliphatic carbocycles. The summed E-state index contributed by atoms with van der Waals surface area (Å²) >= 11 is 0. The second-order valence-electron chi connectivity index (χ2n) is 5.96. The van der Waals surface area contributed by atoms with Gasteiger partial charge in [0.25, 0.3) is 0 Å². The van der Waals surface area contributed by atoms with Gasteiger partial charge in [-0.05, 0) is 37.8 Å². The predicted octanol–water partition coefficient (Wildman–Crippen LogP) is 3.25. The molecule has 0 radical (unpaired) electrons. The van der Waals surface area contributed by atoms with Crippen LogP contribution in [0.2, 0.25) is 0 Å². The van der Waals surface area contributed by atoms with Crippen LogP contribution < -0.4 is 5.32 Å². The van der Waals surface area contributed by atoms with Gasteiger partial charge >= 0.3 is 0 Å². The van der Waals surface area contributed by atoms with Crippen LogP contribution in [0.4, 0.5) is 4.39 Å². The molecule has 1 aliphatic heterocycles. The molecule has 1 aromatic rings. The summed E-state index contributed by atoms with van der Waals surface area (Å²) < 4.78 is 19.2. The summed E-state index contributed by atoms with van der Waals surface area (Å²) in [5, 5.41) is 3.34. The third kappa shape index (κ3) is 4.00. The maximum absolute atomic E-state index is 13.9. The first-order valence-electron chi connectivity index (χ1n) is 7.54. The van der Waals surface area contributed by atoms with E-state index in [1.165, 1.54) is 0 Å². The molecule has 1 atom stereocenters. The normalized spacial score (nSPS) is 18.4. The van der Waals surface area contributed by atoms with Gasteiger partial charge in [0, 0.05) is 37.4 Å². The predicted molar refractivity (Wildman–Crippen MR) is 78.1 cm³/mol. The van der Waals surface area contributed by atoms with E-state index in [9.17, 15) is 4.39 Å². The SMILES string of the molecule is CC(C)[C@@H](C)NCc1nc(C2CCOCC2)ccc1F. The van der Waals surface area contributed by atoms with Crippen molar-refractivity contribution in [3.8, 4) is 0 Å². The molecule has 1 aliphatic rings. The van der Waals surface area contributed by atoms with Crippen molar-refractivity contribution < 1.29 is 9.13 Å². The van der Waals surface area contributed by atoms with E-state index in [0.717, 1.165) is 31.7 Å². The summed E-state index contributed by atoms with van der Waals surface area (Å²) in [7, 11) is 0. The maximum Gasteiger partial charge on any atom is 0.146 e. The molecular formula is C16H25FN2O. The summed E-state index contributed by atoms with van der Waals surface area (Å²) in [6.07, 6.45) is 1.96. The van der Waals surface area contributed by atoms with E-state index in [2.05, 4.69) is 31.1 Å². The Morgan fingerprint density at radius 1 is 1.30 bits per heavy atom. The Bertz CT molecular complexity index is 430. The Labute approximate surface area is 120 Å². The van der Waals surface area contributed by atoms with Crippen molar-refractivity contribution in [1.29, 1.82) is 0 Å². The second kappa shape index (κ2) is 7.14. The number of nitrogens with zero attached hydrogens (tertiary/aromatic N) is 1. The molecule has 3 nitrogen and oxygen atoms in total. The molecule has 112 valence electrons. The Balaban J connectivity index is 2.04. The van der Waals surface area contributed by atoms with Gasteiger partial charge in [-0.1, -0.05) is 13.8 Å². The number of hydrogen-bond donors (Lipinski definition) is 1. The van der Waals surface area contributed by atoms with Crippen LogP contribution in [0.5, 0.6) is 0 Å². The molecule has 1 aromatic heterocycles. The van der Waals surface area contributed by atoms with Crippen LogP contribution in [0.25, 0.3) is 0 Å². The lowest BCUT2D eigenvalue weighted by Gasteiger charge is -2.22. The van der Waals surface area contributed by atoms with Crippen LogP contribution in [0.15, 0.2) is 12.1 Å². The molecule has 1 fully saturated rings. The molecule has 0 bridgehead atoms. The fourth-order valence-corrected chi connectivity index (χ4v) is 2.34. The molecule has 1 N–H and O–H groups in total. The monoisotopic (exact) mass is 280 g/mol. The highest BCUT2D eigenvalue weighted by Gasteiger charge is 2.19. The van der Waals surface area contributed by atoms with E-state index < -0.39 is 0 Å². The summed E-state index contributed by atoms with van der Waals surface area (Å²) in [4.78, 5) is 4.53. The summed E-state index contributed by atoms with van der Waals surface area (Å²) in [6.45, 7) is 8.47. The third-order valence-corrected chi connectivity index (χ3v) is 4.17. The zero-order valence-electron chi connectivity index (χ0n) is 12.7. The van der Waals surface area contributed by atoms with Crippen molar-refractivity contribution >= 4 is 0 Å². The van der Waals surface area contributed by atoms with Crippen molar-refractivity contribution in [2.75, 3.05) is 13.2 Å². The van der Waals surface area contributed by atoms with Crippen molar-refractivity contribution in [3.05, 3.63) is 29.3 Å². The molecule has 0 unspecified atom stereocenters. The van der Waals surface area contributed by atoms with Gasteiger partial charge in [0.05, 0.1) is 5.69 Å². The van der Waals surface area contributed by atoms with Crippen LogP contribution in [0.3, 0.4) is 0 Å². The first kappa shape index (κ1) is 15.4. The number of ether oxygens (including phenoxy) is 1. The molecule has 4 heteroatoms. The topological polar surface area (TPSA) is 34.2 Å². The summed E-state index contributed by atoms with van der Waals surface area (Å²) in [5.41, 5.74) is 1.53. The standard InChI is InChI=1S/C16H25FN2O/c1-11(2)12(3)18-10-16-14(17)4-5-15(19-16)13-6-8-20-9-7-13/h4-5,11-13,18H,6-10H2,1-3H3/t12-/m1/s1. The number of nitrogens with one attached hydrogen (secondary N) is 1. The highest BCUT2D eigenvalue weighted by molar-refractivity contribution is 5.17. The third-order valence-electron chi connectivity index (χ3n) is 4.17. The van der Waals surface area contributed by atoms with E-state index in [1.807, 2.05) is 6.07 Å². The average Bonchev–Trinajstić information content (AvgIpc) is 2.47. The minimum atomic E-state index is -0.218. The quantitative estimate of drug-likeness (QED) is 0.899. The number of hydrogen-bond acceptors (Lipinski definition) is 3. The Hall–Kier alpha value is -1.00. The van der Waals surface area contributed by atoms with Gasteiger partial charge in [-0.2, -0.15) is 0 Å². The van der Waals surface area contributed by atoms with Gasteiger partial charge in [-0.25, -0.2) is 4.39 Å². The fourth-order valence-electron chi connectivity index (χ4n) is 2.34. The Kier molecular flexibility index (Phi) is 5.49. The molecule has 0 aromatic carbocycles.